The standard InChI is InChI=1S/C19H20N4/c1-4-15-16(5-2)22-23-19(21-15)17-12-11-13(3)18(20-17)14-9-7-6-8-10-14/h6-12H,4-5H2,1-3H3. The van der Waals surface area contributed by atoms with Crippen molar-refractivity contribution in [3.05, 3.63) is 59.4 Å². The normalized spacial score (nSPS) is 10.7. The molecule has 0 saturated heterocycles. The first-order valence-electron chi connectivity index (χ1n) is 7.98. The third-order valence-corrected chi connectivity index (χ3v) is 3.88. The third-order valence-electron chi connectivity index (χ3n) is 3.88. The number of hydrogen-bond acceptors (Lipinski definition) is 4. The highest BCUT2D eigenvalue weighted by Gasteiger charge is 2.11. The SMILES string of the molecule is CCc1nnc(-c2ccc(C)c(-c3ccccc3)n2)nc1CC. The van der Waals surface area contributed by atoms with Gasteiger partial charge in [0, 0.05) is 5.56 Å². The van der Waals surface area contributed by atoms with Crippen molar-refractivity contribution in [2.75, 3.05) is 0 Å². The fourth-order valence-electron chi connectivity index (χ4n) is 2.59. The maximum Gasteiger partial charge on any atom is 0.200 e. The zero-order chi connectivity index (χ0) is 16.2. The molecule has 0 radical (unpaired) electrons. The maximum atomic E-state index is 4.78. The molecule has 0 saturated carbocycles. The number of pyridine rings is 1. The molecule has 0 atom stereocenters. The van der Waals surface area contributed by atoms with Gasteiger partial charge in [-0.05, 0) is 31.4 Å². The van der Waals surface area contributed by atoms with Crippen molar-refractivity contribution in [1.82, 2.24) is 20.2 Å². The van der Waals surface area contributed by atoms with Crippen LogP contribution in [0.2, 0.25) is 0 Å². The second-order valence-corrected chi connectivity index (χ2v) is 5.46. The number of aryl methyl sites for hydroxylation is 3. The predicted molar refractivity (Wildman–Crippen MR) is 92.0 cm³/mol. The highest BCUT2D eigenvalue weighted by atomic mass is 15.2. The summed E-state index contributed by atoms with van der Waals surface area (Å²) in [5.41, 5.74) is 5.92. The Balaban J connectivity index is 2.08. The number of rotatable bonds is 4. The van der Waals surface area contributed by atoms with Gasteiger partial charge in [-0.1, -0.05) is 50.2 Å². The van der Waals surface area contributed by atoms with E-state index in [9.17, 15) is 0 Å². The Bertz CT molecular complexity index is 813. The van der Waals surface area contributed by atoms with Crippen LogP contribution in [0.25, 0.3) is 22.8 Å². The van der Waals surface area contributed by atoms with Gasteiger partial charge >= 0.3 is 0 Å². The molecule has 1 aromatic carbocycles. The Hall–Kier alpha value is -2.62. The van der Waals surface area contributed by atoms with Crippen LogP contribution in [0.4, 0.5) is 0 Å². The van der Waals surface area contributed by atoms with Gasteiger partial charge in [0.2, 0.25) is 5.82 Å². The van der Waals surface area contributed by atoms with Gasteiger partial charge in [-0.25, -0.2) is 9.97 Å². The van der Waals surface area contributed by atoms with Gasteiger partial charge in [-0.3, -0.25) is 0 Å². The maximum absolute atomic E-state index is 4.78. The summed E-state index contributed by atoms with van der Waals surface area (Å²) in [5.74, 6) is 0.594. The molecule has 0 unspecified atom stereocenters. The molecule has 0 aliphatic rings. The molecule has 0 aliphatic heterocycles. The molecule has 0 bridgehead atoms. The fraction of sp³-hybridized carbons (Fsp3) is 0.263. The zero-order valence-corrected chi connectivity index (χ0v) is 13.7. The highest BCUT2D eigenvalue weighted by Crippen LogP contribution is 2.24. The molecule has 3 aromatic rings. The van der Waals surface area contributed by atoms with E-state index < -0.39 is 0 Å². The van der Waals surface area contributed by atoms with Gasteiger partial charge in [0.15, 0.2) is 0 Å². The molecule has 0 amide bonds. The minimum absolute atomic E-state index is 0.594. The van der Waals surface area contributed by atoms with E-state index in [1.807, 2.05) is 24.3 Å². The molecule has 0 aliphatic carbocycles. The number of nitrogens with zero attached hydrogens (tertiary/aromatic N) is 4. The van der Waals surface area contributed by atoms with Crippen LogP contribution in [-0.2, 0) is 12.8 Å². The van der Waals surface area contributed by atoms with E-state index in [0.717, 1.165) is 46.7 Å². The van der Waals surface area contributed by atoms with Gasteiger partial charge in [0.05, 0.1) is 17.1 Å². The van der Waals surface area contributed by atoms with E-state index in [1.54, 1.807) is 0 Å². The molecule has 4 heteroatoms. The first-order valence-corrected chi connectivity index (χ1v) is 7.98. The van der Waals surface area contributed by atoms with Crippen LogP contribution in [0.3, 0.4) is 0 Å². The quantitative estimate of drug-likeness (QED) is 0.730. The van der Waals surface area contributed by atoms with Crippen LogP contribution in [0.5, 0.6) is 0 Å². The molecular weight excluding hydrogens is 284 g/mol. The Morgan fingerprint density at radius 1 is 0.783 bits per heavy atom. The average Bonchev–Trinajstić information content (AvgIpc) is 2.62. The van der Waals surface area contributed by atoms with Crippen LogP contribution in [0.1, 0.15) is 30.8 Å². The van der Waals surface area contributed by atoms with Gasteiger partial charge in [0.1, 0.15) is 5.69 Å². The van der Waals surface area contributed by atoms with E-state index in [4.69, 9.17) is 4.98 Å². The topological polar surface area (TPSA) is 51.6 Å². The van der Waals surface area contributed by atoms with Crippen LogP contribution >= 0.6 is 0 Å². The lowest BCUT2D eigenvalue weighted by Gasteiger charge is -2.09. The van der Waals surface area contributed by atoms with Crippen molar-refractivity contribution in [3.63, 3.8) is 0 Å². The zero-order valence-electron chi connectivity index (χ0n) is 13.7. The number of aromatic nitrogens is 4. The van der Waals surface area contributed by atoms with Crippen molar-refractivity contribution >= 4 is 0 Å². The molecular formula is C19H20N4. The van der Waals surface area contributed by atoms with Crippen molar-refractivity contribution in [3.8, 4) is 22.8 Å². The number of hydrogen-bond donors (Lipinski definition) is 0. The van der Waals surface area contributed by atoms with E-state index in [-0.39, 0.29) is 0 Å². The Labute approximate surface area is 136 Å². The van der Waals surface area contributed by atoms with Crippen molar-refractivity contribution < 1.29 is 0 Å². The van der Waals surface area contributed by atoms with Crippen molar-refractivity contribution in [2.24, 2.45) is 0 Å². The summed E-state index contributed by atoms with van der Waals surface area (Å²) in [6, 6.07) is 14.2. The summed E-state index contributed by atoms with van der Waals surface area (Å²) in [5, 5.41) is 8.59. The predicted octanol–water partition coefficient (Wildman–Crippen LogP) is 4.03. The second-order valence-electron chi connectivity index (χ2n) is 5.46. The molecule has 23 heavy (non-hydrogen) atoms. The van der Waals surface area contributed by atoms with Crippen molar-refractivity contribution in [1.29, 1.82) is 0 Å². The fourth-order valence-corrected chi connectivity index (χ4v) is 2.59. The molecule has 2 aromatic heterocycles. The van der Waals surface area contributed by atoms with E-state index in [0.29, 0.717) is 5.82 Å². The van der Waals surface area contributed by atoms with E-state index >= 15 is 0 Å². The molecule has 116 valence electrons. The lowest BCUT2D eigenvalue weighted by molar-refractivity contribution is 0.825. The van der Waals surface area contributed by atoms with Crippen LogP contribution in [-0.4, -0.2) is 20.2 Å². The molecule has 4 nitrogen and oxygen atoms in total. The summed E-state index contributed by atoms with van der Waals surface area (Å²) in [7, 11) is 0. The molecule has 2 heterocycles. The largest absolute Gasteiger partial charge is 0.244 e. The van der Waals surface area contributed by atoms with Gasteiger partial charge in [-0.15, -0.1) is 5.10 Å². The lowest BCUT2D eigenvalue weighted by atomic mass is 10.1. The van der Waals surface area contributed by atoms with Gasteiger partial charge in [0.25, 0.3) is 0 Å². The molecule has 3 rings (SSSR count). The minimum Gasteiger partial charge on any atom is -0.244 e. The Kier molecular flexibility index (Phi) is 4.42. The van der Waals surface area contributed by atoms with Gasteiger partial charge in [-0.2, -0.15) is 5.10 Å². The Morgan fingerprint density at radius 2 is 1.52 bits per heavy atom. The molecule has 0 N–H and O–H groups in total. The summed E-state index contributed by atoms with van der Waals surface area (Å²) < 4.78 is 0. The summed E-state index contributed by atoms with van der Waals surface area (Å²) in [4.78, 5) is 9.44. The van der Waals surface area contributed by atoms with Crippen molar-refractivity contribution in [2.45, 2.75) is 33.6 Å². The lowest BCUT2D eigenvalue weighted by Crippen LogP contribution is -2.05. The number of benzene rings is 1. The van der Waals surface area contributed by atoms with E-state index in [2.05, 4.69) is 54.2 Å². The van der Waals surface area contributed by atoms with Gasteiger partial charge < -0.3 is 0 Å². The summed E-state index contributed by atoms with van der Waals surface area (Å²) in [6.45, 7) is 6.23. The van der Waals surface area contributed by atoms with E-state index in [1.165, 1.54) is 0 Å². The summed E-state index contributed by atoms with van der Waals surface area (Å²) >= 11 is 0. The monoisotopic (exact) mass is 304 g/mol. The first-order chi connectivity index (χ1) is 11.2. The molecule has 0 fully saturated rings. The highest BCUT2D eigenvalue weighted by molar-refractivity contribution is 5.66. The van der Waals surface area contributed by atoms with Crippen LogP contribution < -0.4 is 0 Å². The van der Waals surface area contributed by atoms with Crippen LogP contribution in [0, 0.1) is 6.92 Å². The minimum atomic E-state index is 0.594. The Morgan fingerprint density at radius 3 is 2.22 bits per heavy atom. The molecule has 0 spiro atoms. The average molecular weight is 304 g/mol. The second kappa shape index (κ2) is 6.65. The first kappa shape index (κ1) is 15.3. The smallest absolute Gasteiger partial charge is 0.200 e. The summed E-state index contributed by atoms with van der Waals surface area (Å²) in [6.07, 6.45) is 1.70. The van der Waals surface area contributed by atoms with Crippen LogP contribution in [0.15, 0.2) is 42.5 Å². The third kappa shape index (κ3) is 3.11.